The van der Waals surface area contributed by atoms with Crippen molar-refractivity contribution in [2.45, 2.75) is 6.54 Å². The molecule has 0 fully saturated rings. The molecule has 0 spiro atoms. The molecule has 4 nitrogen and oxygen atoms in total. The minimum absolute atomic E-state index is 0.623. The Labute approximate surface area is 133 Å². The zero-order valence-electron chi connectivity index (χ0n) is 12.3. The van der Waals surface area contributed by atoms with Crippen molar-refractivity contribution in [2.75, 3.05) is 0 Å². The number of benzene rings is 1. The maximum absolute atomic E-state index is 9.11. The van der Waals surface area contributed by atoms with E-state index in [9.17, 15) is 0 Å². The van der Waals surface area contributed by atoms with Gasteiger partial charge < -0.3 is 0 Å². The lowest BCUT2D eigenvalue weighted by molar-refractivity contribution is 1.02. The predicted molar refractivity (Wildman–Crippen MR) is 88.9 cm³/mol. The fourth-order valence-corrected chi connectivity index (χ4v) is 2.74. The van der Waals surface area contributed by atoms with Crippen molar-refractivity contribution in [2.24, 2.45) is 4.99 Å². The SMILES string of the molecule is N#Cc1cccc(-c2ncccc2-c2cnc3c(c2)C=NC3)c1. The molecule has 2 aromatic heterocycles. The average molecular weight is 296 g/mol. The molecule has 0 saturated carbocycles. The molecule has 0 unspecified atom stereocenters. The standard InChI is InChI=1S/C19H12N4/c20-9-13-3-1-4-14(7-13)19-17(5-2-6-22-19)15-8-16-10-21-12-18(16)23-11-15/h1-8,10-11H,12H2. The van der Waals surface area contributed by atoms with Crippen molar-refractivity contribution in [3.63, 3.8) is 0 Å². The lowest BCUT2D eigenvalue weighted by Gasteiger charge is -2.10. The molecule has 4 heteroatoms. The molecule has 108 valence electrons. The lowest BCUT2D eigenvalue weighted by Crippen LogP contribution is -1.94. The molecular formula is C19H12N4. The highest BCUT2D eigenvalue weighted by Crippen LogP contribution is 2.31. The average Bonchev–Trinajstić information content (AvgIpc) is 3.09. The number of pyridine rings is 2. The topological polar surface area (TPSA) is 61.9 Å². The second kappa shape index (κ2) is 5.47. The van der Waals surface area contributed by atoms with E-state index in [0.717, 1.165) is 33.6 Å². The molecule has 4 rings (SSSR count). The number of rotatable bonds is 2. The second-order valence-corrected chi connectivity index (χ2v) is 5.32. The fourth-order valence-electron chi connectivity index (χ4n) is 2.74. The number of hydrogen-bond acceptors (Lipinski definition) is 4. The molecule has 0 atom stereocenters. The van der Waals surface area contributed by atoms with E-state index in [2.05, 4.69) is 27.1 Å². The first-order valence-electron chi connectivity index (χ1n) is 7.30. The molecule has 23 heavy (non-hydrogen) atoms. The largest absolute Gasteiger partial charge is 0.286 e. The van der Waals surface area contributed by atoms with Crippen LogP contribution in [0.5, 0.6) is 0 Å². The Morgan fingerprint density at radius 3 is 2.87 bits per heavy atom. The monoisotopic (exact) mass is 296 g/mol. The number of fused-ring (bicyclic) bond motifs is 1. The third kappa shape index (κ3) is 2.39. The van der Waals surface area contributed by atoms with Crippen LogP contribution in [0.2, 0.25) is 0 Å². The van der Waals surface area contributed by atoms with Crippen molar-refractivity contribution in [1.82, 2.24) is 9.97 Å². The Morgan fingerprint density at radius 1 is 1.00 bits per heavy atom. The lowest BCUT2D eigenvalue weighted by atomic mass is 9.98. The maximum atomic E-state index is 9.11. The third-order valence-electron chi connectivity index (χ3n) is 3.86. The van der Waals surface area contributed by atoms with Crippen LogP contribution in [-0.2, 0) is 6.54 Å². The summed E-state index contributed by atoms with van der Waals surface area (Å²) in [7, 11) is 0. The molecule has 0 radical (unpaired) electrons. The Hall–Kier alpha value is -3.32. The third-order valence-corrected chi connectivity index (χ3v) is 3.86. The number of aromatic nitrogens is 2. The molecule has 1 aliphatic rings. The van der Waals surface area contributed by atoms with Gasteiger partial charge in [-0.2, -0.15) is 5.26 Å². The maximum Gasteiger partial charge on any atom is 0.0991 e. The van der Waals surface area contributed by atoms with Gasteiger partial charge in [-0.3, -0.25) is 15.0 Å². The molecule has 0 aliphatic carbocycles. The van der Waals surface area contributed by atoms with Crippen LogP contribution in [0.1, 0.15) is 16.8 Å². The molecular weight excluding hydrogens is 284 g/mol. The van der Waals surface area contributed by atoms with Crippen molar-refractivity contribution < 1.29 is 0 Å². The summed E-state index contributed by atoms with van der Waals surface area (Å²) in [4.78, 5) is 13.3. The van der Waals surface area contributed by atoms with Crippen LogP contribution in [0.4, 0.5) is 0 Å². The smallest absolute Gasteiger partial charge is 0.0991 e. The Bertz CT molecular complexity index is 967. The van der Waals surface area contributed by atoms with Crippen LogP contribution in [0.25, 0.3) is 22.4 Å². The van der Waals surface area contributed by atoms with Gasteiger partial charge in [0.05, 0.1) is 29.6 Å². The molecule has 1 aliphatic heterocycles. The second-order valence-electron chi connectivity index (χ2n) is 5.32. The molecule has 3 aromatic rings. The summed E-state index contributed by atoms with van der Waals surface area (Å²) in [5, 5.41) is 9.11. The van der Waals surface area contributed by atoms with E-state index >= 15 is 0 Å². The first kappa shape index (κ1) is 13.4. The Kier molecular flexibility index (Phi) is 3.17. The van der Waals surface area contributed by atoms with Gasteiger partial charge in [0.1, 0.15) is 0 Å². The summed E-state index contributed by atoms with van der Waals surface area (Å²) >= 11 is 0. The fraction of sp³-hybridized carbons (Fsp3) is 0.0526. The van der Waals surface area contributed by atoms with E-state index in [1.807, 2.05) is 42.7 Å². The van der Waals surface area contributed by atoms with Crippen molar-refractivity contribution in [3.8, 4) is 28.5 Å². The summed E-state index contributed by atoms with van der Waals surface area (Å²) in [6.45, 7) is 0.653. The minimum atomic E-state index is 0.623. The van der Waals surface area contributed by atoms with Crippen LogP contribution < -0.4 is 0 Å². The highest BCUT2D eigenvalue weighted by Gasteiger charge is 2.13. The first-order chi connectivity index (χ1) is 11.3. The van der Waals surface area contributed by atoms with Crippen molar-refractivity contribution >= 4 is 6.21 Å². The Morgan fingerprint density at radius 2 is 1.96 bits per heavy atom. The minimum Gasteiger partial charge on any atom is -0.286 e. The molecule has 0 bridgehead atoms. The van der Waals surface area contributed by atoms with E-state index in [4.69, 9.17) is 5.26 Å². The molecule has 1 aromatic carbocycles. The highest BCUT2D eigenvalue weighted by molar-refractivity contribution is 5.88. The van der Waals surface area contributed by atoms with Gasteiger partial charge in [0.2, 0.25) is 0 Å². The van der Waals surface area contributed by atoms with E-state index in [0.29, 0.717) is 12.1 Å². The number of nitrogens with zero attached hydrogens (tertiary/aromatic N) is 4. The zero-order chi connectivity index (χ0) is 15.6. The summed E-state index contributed by atoms with van der Waals surface area (Å²) in [6, 6.07) is 15.7. The van der Waals surface area contributed by atoms with Crippen molar-refractivity contribution in [3.05, 3.63) is 71.7 Å². The molecule has 3 heterocycles. The van der Waals surface area contributed by atoms with Crippen molar-refractivity contribution in [1.29, 1.82) is 5.26 Å². The number of hydrogen-bond donors (Lipinski definition) is 0. The Balaban J connectivity index is 1.87. The molecule has 0 amide bonds. The molecule has 0 N–H and O–H groups in total. The van der Waals surface area contributed by atoms with Gasteiger partial charge in [0.25, 0.3) is 0 Å². The zero-order valence-corrected chi connectivity index (χ0v) is 12.3. The van der Waals surface area contributed by atoms with Crippen LogP contribution in [0.3, 0.4) is 0 Å². The van der Waals surface area contributed by atoms with Gasteiger partial charge in [-0.25, -0.2) is 0 Å². The van der Waals surface area contributed by atoms with Crippen LogP contribution in [0.15, 0.2) is 59.9 Å². The number of nitriles is 1. The van der Waals surface area contributed by atoms with E-state index < -0.39 is 0 Å². The summed E-state index contributed by atoms with van der Waals surface area (Å²) in [5.41, 5.74) is 6.46. The van der Waals surface area contributed by atoms with Gasteiger partial charge in [0, 0.05) is 40.9 Å². The predicted octanol–water partition coefficient (Wildman–Crippen LogP) is 3.61. The summed E-state index contributed by atoms with van der Waals surface area (Å²) < 4.78 is 0. The normalized spacial score (nSPS) is 12.0. The van der Waals surface area contributed by atoms with Crippen LogP contribution >= 0.6 is 0 Å². The molecule has 0 saturated heterocycles. The van der Waals surface area contributed by atoms with Gasteiger partial charge in [-0.1, -0.05) is 18.2 Å². The van der Waals surface area contributed by atoms with Crippen LogP contribution in [-0.4, -0.2) is 16.2 Å². The van der Waals surface area contributed by atoms with Gasteiger partial charge in [0.15, 0.2) is 0 Å². The van der Waals surface area contributed by atoms with E-state index in [1.165, 1.54) is 0 Å². The highest BCUT2D eigenvalue weighted by atomic mass is 14.8. The van der Waals surface area contributed by atoms with Gasteiger partial charge >= 0.3 is 0 Å². The quantitative estimate of drug-likeness (QED) is 0.725. The first-order valence-corrected chi connectivity index (χ1v) is 7.30. The van der Waals surface area contributed by atoms with Crippen LogP contribution in [0, 0.1) is 11.3 Å². The number of aliphatic imine (C=N–C) groups is 1. The van der Waals surface area contributed by atoms with Gasteiger partial charge in [-0.15, -0.1) is 0 Å². The summed E-state index contributed by atoms with van der Waals surface area (Å²) in [5.74, 6) is 0. The van der Waals surface area contributed by atoms with E-state index in [1.54, 1.807) is 12.3 Å². The summed E-state index contributed by atoms with van der Waals surface area (Å²) in [6.07, 6.45) is 5.49. The van der Waals surface area contributed by atoms with Gasteiger partial charge in [-0.05, 0) is 24.3 Å². The van der Waals surface area contributed by atoms with E-state index in [-0.39, 0.29) is 0 Å².